The van der Waals surface area contributed by atoms with Gasteiger partial charge < -0.3 is 20.1 Å². The molecule has 3 aromatic rings. The lowest BCUT2D eigenvalue weighted by atomic mass is 9.89. The lowest BCUT2D eigenvalue weighted by Gasteiger charge is -2.16. The first kappa shape index (κ1) is 21.1. The first-order valence-corrected chi connectivity index (χ1v) is 11.3. The summed E-state index contributed by atoms with van der Waals surface area (Å²) in [5.74, 6) is -0.780. The zero-order valence-corrected chi connectivity index (χ0v) is 18.2. The number of thiophene rings is 1. The van der Waals surface area contributed by atoms with E-state index in [0.29, 0.717) is 22.7 Å². The zero-order chi connectivity index (χ0) is 22.0. The molecule has 4 rings (SSSR count). The van der Waals surface area contributed by atoms with Crippen molar-refractivity contribution in [3.8, 4) is 16.3 Å². The molecule has 2 heterocycles. The number of rotatable bonds is 6. The van der Waals surface area contributed by atoms with Gasteiger partial charge in [0.15, 0.2) is 5.16 Å². The molecule has 8 nitrogen and oxygen atoms in total. The molecule has 1 amide bonds. The molecule has 0 spiro atoms. The monoisotopic (exact) mass is 457 g/mol. The number of aromatic hydroxyl groups is 1. The van der Waals surface area contributed by atoms with E-state index in [-0.39, 0.29) is 23.4 Å². The number of carbonyl (C=O) groups is 2. The maximum absolute atomic E-state index is 12.5. The molecule has 2 aromatic heterocycles. The predicted octanol–water partition coefficient (Wildman–Crippen LogP) is 3.21. The third-order valence-corrected chi connectivity index (χ3v) is 6.89. The number of thioether (sulfide) groups is 1. The van der Waals surface area contributed by atoms with Crippen molar-refractivity contribution in [1.29, 1.82) is 0 Å². The van der Waals surface area contributed by atoms with E-state index in [1.54, 1.807) is 0 Å². The third-order valence-electron chi connectivity index (χ3n) is 4.83. The van der Waals surface area contributed by atoms with Crippen LogP contribution in [-0.2, 0) is 22.4 Å². The number of hydrogen-bond acceptors (Lipinski definition) is 8. The highest BCUT2D eigenvalue weighted by molar-refractivity contribution is 7.99. The summed E-state index contributed by atoms with van der Waals surface area (Å²) in [5.41, 5.74) is 3.15. The number of esters is 1. The standard InChI is InChI=1S/C21H19N3O5S2/c1-29-20(28)17-13-7-6-11-4-2-3-5-12(11)18(13)31-19(17)22-14(25)8-9-30-21-23-15(26)10-16(27)24-21/h2-5,10H,6-9H2,1H3,(H,22,25)(H2,23,24,26,27). The number of carbonyl (C=O) groups excluding carboxylic acids is 2. The smallest absolute Gasteiger partial charge is 0.341 e. The normalized spacial score (nSPS) is 12.0. The van der Waals surface area contributed by atoms with Crippen LogP contribution in [-0.4, -0.2) is 39.8 Å². The van der Waals surface area contributed by atoms with Crippen LogP contribution < -0.4 is 10.9 Å². The number of benzene rings is 1. The average molecular weight is 458 g/mol. The Kier molecular flexibility index (Phi) is 6.10. The fraction of sp³-hybridized carbons (Fsp3) is 0.238. The van der Waals surface area contributed by atoms with E-state index < -0.39 is 11.5 Å². The second-order valence-electron chi connectivity index (χ2n) is 6.82. The molecule has 0 aliphatic heterocycles. The van der Waals surface area contributed by atoms with Crippen LogP contribution in [0.15, 0.2) is 40.3 Å². The van der Waals surface area contributed by atoms with Gasteiger partial charge in [0.1, 0.15) is 5.00 Å². The fourth-order valence-electron chi connectivity index (χ4n) is 3.47. The minimum Gasteiger partial charge on any atom is -0.493 e. The molecule has 0 atom stereocenters. The molecular weight excluding hydrogens is 438 g/mol. The molecule has 0 radical (unpaired) electrons. The van der Waals surface area contributed by atoms with Gasteiger partial charge in [0.05, 0.1) is 18.7 Å². The van der Waals surface area contributed by atoms with E-state index in [0.717, 1.165) is 40.3 Å². The Bertz CT molecular complexity index is 1220. The number of H-pyrrole nitrogens is 1. The van der Waals surface area contributed by atoms with Crippen LogP contribution in [0, 0.1) is 0 Å². The highest BCUT2D eigenvalue weighted by Gasteiger charge is 2.29. The van der Waals surface area contributed by atoms with Gasteiger partial charge in [0.25, 0.3) is 5.56 Å². The molecule has 31 heavy (non-hydrogen) atoms. The molecule has 0 saturated carbocycles. The molecule has 0 bridgehead atoms. The van der Waals surface area contributed by atoms with Gasteiger partial charge in [0, 0.05) is 17.1 Å². The number of methoxy groups -OCH3 is 1. The van der Waals surface area contributed by atoms with Crippen LogP contribution >= 0.6 is 23.1 Å². The third kappa shape index (κ3) is 4.49. The maximum atomic E-state index is 12.5. The number of aromatic nitrogens is 2. The number of amides is 1. The number of nitrogens with one attached hydrogen (secondary N) is 2. The van der Waals surface area contributed by atoms with Crippen molar-refractivity contribution in [1.82, 2.24) is 9.97 Å². The van der Waals surface area contributed by atoms with E-state index in [9.17, 15) is 19.5 Å². The van der Waals surface area contributed by atoms with E-state index in [1.165, 1.54) is 24.0 Å². The average Bonchev–Trinajstić information content (AvgIpc) is 3.10. The lowest BCUT2D eigenvalue weighted by molar-refractivity contribution is -0.115. The number of nitrogens with zero attached hydrogens (tertiary/aromatic N) is 1. The van der Waals surface area contributed by atoms with Gasteiger partial charge in [-0.15, -0.1) is 11.3 Å². The number of aryl methyl sites for hydroxylation is 1. The highest BCUT2D eigenvalue weighted by atomic mass is 32.2. The summed E-state index contributed by atoms with van der Waals surface area (Å²) in [7, 11) is 1.33. The quantitative estimate of drug-likeness (QED) is 0.295. The summed E-state index contributed by atoms with van der Waals surface area (Å²) < 4.78 is 4.98. The van der Waals surface area contributed by atoms with Gasteiger partial charge in [-0.05, 0) is 29.5 Å². The number of anilines is 1. The summed E-state index contributed by atoms with van der Waals surface area (Å²) in [6.45, 7) is 0. The van der Waals surface area contributed by atoms with Crippen LogP contribution in [0.2, 0.25) is 0 Å². The zero-order valence-electron chi connectivity index (χ0n) is 16.6. The van der Waals surface area contributed by atoms with Crippen LogP contribution in [0.4, 0.5) is 5.00 Å². The van der Waals surface area contributed by atoms with E-state index >= 15 is 0 Å². The Balaban J connectivity index is 1.51. The molecule has 0 fully saturated rings. The number of ether oxygens (including phenoxy) is 1. The first-order valence-electron chi connectivity index (χ1n) is 9.51. The molecule has 0 saturated heterocycles. The number of fused-ring (bicyclic) bond motifs is 3. The molecule has 0 unspecified atom stereocenters. The number of hydrogen-bond donors (Lipinski definition) is 3. The van der Waals surface area contributed by atoms with Crippen molar-refractivity contribution in [2.24, 2.45) is 0 Å². The van der Waals surface area contributed by atoms with Gasteiger partial charge in [-0.3, -0.25) is 9.59 Å². The summed E-state index contributed by atoms with van der Waals surface area (Å²) in [6, 6.07) is 9.03. The molecule has 160 valence electrons. The Morgan fingerprint density at radius 2 is 2.13 bits per heavy atom. The van der Waals surface area contributed by atoms with Gasteiger partial charge in [0.2, 0.25) is 11.8 Å². The van der Waals surface area contributed by atoms with Crippen molar-refractivity contribution in [3.63, 3.8) is 0 Å². The Hall–Kier alpha value is -3.11. The SMILES string of the molecule is COC(=O)c1c(NC(=O)CCSc2nc(O)cc(=O)[nH]2)sc2c1CCc1ccccc1-2. The van der Waals surface area contributed by atoms with Gasteiger partial charge in [-0.2, -0.15) is 4.98 Å². The molecule has 10 heteroatoms. The largest absolute Gasteiger partial charge is 0.493 e. The minimum absolute atomic E-state index is 0.129. The molecule has 1 aromatic carbocycles. The maximum Gasteiger partial charge on any atom is 0.341 e. The van der Waals surface area contributed by atoms with Crippen molar-refractivity contribution >= 4 is 40.0 Å². The summed E-state index contributed by atoms with van der Waals surface area (Å²) in [5, 5.41) is 12.9. The van der Waals surface area contributed by atoms with Crippen LogP contribution in [0.25, 0.3) is 10.4 Å². The number of aromatic amines is 1. The fourth-order valence-corrected chi connectivity index (χ4v) is 5.59. The van der Waals surface area contributed by atoms with Crippen molar-refractivity contribution in [3.05, 3.63) is 57.4 Å². The molecule has 3 N–H and O–H groups in total. The summed E-state index contributed by atoms with van der Waals surface area (Å²) in [4.78, 5) is 43.7. The molecule has 1 aliphatic rings. The van der Waals surface area contributed by atoms with Crippen molar-refractivity contribution in [2.45, 2.75) is 24.4 Å². The Morgan fingerprint density at radius 3 is 2.90 bits per heavy atom. The predicted molar refractivity (Wildman–Crippen MR) is 119 cm³/mol. The minimum atomic E-state index is -0.469. The van der Waals surface area contributed by atoms with Crippen molar-refractivity contribution < 1.29 is 19.4 Å². The van der Waals surface area contributed by atoms with Crippen LogP contribution in [0.5, 0.6) is 5.88 Å². The molecular formula is C21H19N3O5S2. The lowest BCUT2D eigenvalue weighted by Crippen LogP contribution is -2.15. The van der Waals surface area contributed by atoms with E-state index in [4.69, 9.17) is 4.74 Å². The van der Waals surface area contributed by atoms with Crippen molar-refractivity contribution in [2.75, 3.05) is 18.2 Å². The molecule has 1 aliphatic carbocycles. The summed E-state index contributed by atoms with van der Waals surface area (Å²) >= 11 is 2.52. The summed E-state index contributed by atoms with van der Waals surface area (Å²) in [6.07, 6.45) is 1.66. The van der Waals surface area contributed by atoms with Gasteiger partial charge >= 0.3 is 5.97 Å². The topological polar surface area (TPSA) is 121 Å². The van der Waals surface area contributed by atoms with Gasteiger partial charge in [-0.25, -0.2) is 4.79 Å². The Labute approximate surface area is 185 Å². The van der Waals surface area contributed by atoms with Crippen LogP contribution in [0.3, 0.4) is 0 Å². The second-order valence-corrected chi connectivity index (χ2v) is 8.92. The van der Waals surface area contributed by atoms with E-state index in [2.05, 4.69) is 21.4 Å². The highest BCUT2D eigenvalue weighted by Crippen LogP contribution is 2.45. The Morgan fingerprint density at radius 1 is 1.32 bits per heavy atom. The second kappa shape index (κ2) is 8.94. The van der Waals surface area contributed by atoms with Gasteiger partial charge in [-0.1, -0.05) is 36.0 Å². The van der Waals surface area contributed by atoms with Crippen LogP contribution in [0.1, 0.15) is 27.9 Å². The first-order chi connectivity index (χ1) is 15.0. The van der Waals surface area contributed by atoms with E-state index in [1.807, 2.05) is 18.2 Å².